The van der Waals surface area contributed by atoms with Crippen molar-refractivity contribution in [3.63, 3.8) is 0 Å². The molecule has 1 rings (SSSR count). The van der Waals surface area contributed by atoms with E-state index in [9.17, 15) is 4.89 Å². The average Bonchev–Trinajstić information content (AvgIpc) is 2.01. The molecule has 0 radical (unpaired) electrons. The SMILES string of the molecule is CC(C)(C)c1ccccc1[P+](O)(Cl)Cl. The van der Waals surface area contributed by atoms with Gasteiger partial charge in [0.2, 0.25) is 0 Å². The van der Waals surface area contributed by atoms with Crippen molar-refractivity contribution in [3.8, 4) is 0 Å². The summed E-state index contributed by atoms with van der Waals surface area (Å²) in [5, 5.41) is 0.663. The molecule has 0 saturated carbocycles. The van der Waals surface area contributed by atoms with E-state index in [0.29, 0.717) is 5.30 Å². The van der Waals surface area contributed by atoms with E-state index in [4.69, 9.17) is 22.5 Å². The molecule has 0 heterocycles. The quantitative estimate of drug-likeness (QED) is 0.753. The molecule has 0 unspecified atom stereocenters. The lowest BCUT2D eigenvalue weighted by Gasteiger charge is -2.21. The Kier molecular flexibility index (Phi) is 3.49. The van der Waals surface area contributed by atoms with Crippen molar-refractivity contribution < 1.29 is 4.89 Å². The van der Waals surface area contributed by atoms with Gasteiger partial charge in [-0.05, 0) is 11.5 Å². The lowest BCUT2D eigenvalue weighted by molar-refractivity contribution is 0.591. The maximum atomic E-state index is 9.68. The van der Waals surface area contributed by atoms with Gasteiger partial charge in [-0.25, -0.2) is 4.89 Å². The summed E-state index contributed by atoms with van der Waals surface area (Å²) in [6.07, 6.45) is -2.96. The highest BCUT2D eigenvalue weighted by atomic mass is 35.9. The Morgan fingerprint density at radius 3 is 2.00 bits per heavy atom. The molecule has 0 spiro atoms. The largest absolute Gasteiger partial charge is 0.368 e. The molecule has 0 saturated heterocycles. The first kappa shape index (κ1) is 12.3. The number of halogens is 2. The van der Waals surface area contributed by atoms with Gasteiger partial charge in [-0.3, -0.25) is 0 Å². The highest BCUT2D eigenvalue weighted by Gasteiger charge is 2.40. The molecule has 0 aromatic heterocycles. The molecule has 1 nitrogen and oxygen atoms in total. The summed E-state index contributed by atoms with van der Waals surface area (Å²) in [5.41, 5.74) is 0.940. The first-order valence-electron chi connectivity index (χ1n) is 4.34. The monoisotopic (exact) mass is 251 g/mol. The van der Waals surface area contributed by atoms with Crippen LogP contribution in [-0.2, 0) is 5.41 Å². The smallest absolute Gasteiger partial charge is 0.210 e. The van der Waals surface area contributed by atoms with Gasteiger partial charge in [0, 0.05) is 5.56 Å². The molecule has 0 aliphatic carbocycles. The minimum Gasteiger partial charge on any atom is -0.210 e. The predicted molar refractivity (Wildman–Crippen MR) is 65.6 cm³/mol. The van der Waals surface area contributed by atoms with E-state index in [1.165, 1.54) is 0 Å². The third-order valence-electron chi connectivity index (χ3n) is 2.00. The van der Waals surface area contributed by atoms with Crippen molar-refractivity contribution in [1.29, 1.82) is 0 Å². The molecule has 0 aliphatic rings. The van der Waals surface area contributed by atoms with Crippen LogP contribution in [0.25, 0.3) is 0 Å². The zero-order chi connectivity index (χ0) is 11.0. The Labute approximate surface area is 95.0 Å². The van der Waals surface area contributed by atoms with E-state index in [1.54, 1.807) is 6.07 Å². The molecule has 78 valence electrons. The summed E-state index contributed by atoms with van der Waals surface area (Å²) < 4.78 is 0. The fourth-order valence-corrected chi connectivity index (χ4v) is 3.19. The average molecular weight is 252 g/mol. The Bertz CT molecular complexity index is 293. The Morgan fingerprint density at radius 2 is 1.64 bits per heavy atom. The first-order chi connectivity index (χ1) is 6.23. The van der Waals surface area contributed by atoms with Crippen LogP contribution in [-0.4, -0.2) is 4.89 Å². The van der Waals surface area contributed by atoms with Gasteiger partial charge in [-0.15, -0.1) is 0 Å². The van der Waals surface area contributed by atoms with Crippen LogP contribution >= 0.6 is 28.7 Å². The normalized spacial score (nSPS) is 13.0. The summed E-state index contributed by atoms with van der Waals surface area (Å²) in [4.78, 5) is 9.68. The van der Waals surface area contributed by atoms with Gasteiger partial charge in [-0.2, -0.15) is 0 Å². The zero-order valence-corrected chi connectivity index (χ0v) is 10.9. The Hall–Kier alpha value is 0.190. The number of hydrogen-bond donors (Lipinski definition) is 1. The van der Waals surface area contributed by atoms with Gasteiger partial charge in [-0.1, -0.05) is 39.0 Å². The van der Waals surface area contributed by atoms with Crippen molar-refractivity contribution in [2.45, 2.75) is 26.2 Å². The fraction of sp³-hybridized carbons (Fsp3) is 0.400. The van der Waals surface area contributed by atoms with E-state index in [-0.39, 0.29) is 5.41 Å². The molecular weight excluding hydrogens is 238 g/mol. The van der Waals surface area contributed by atoms with Crippen LogP contribution in [0.4, 0.5) is 0 Å². The van der Waals surface area contributed by atoms with E-state index in [0.717, 1.165) is 5.56 Å². The van der Waals surface area contributed by atoms with Crippen LogP contribution in [0, 0.1) is 0 Å². The maximum Gasteiger partial charge on any atom is 0.368 e. The zero-order valence-electron chi connectivity index (χ0n) is 8.46. The molecule has 1 aromatic carbocycles. The highest BCUT2D eigenvalue weighted by Crippen LogP contribution is 2.64. The van der Waals surface area contributed by atoms with Crippen LogP contribution in [0.1, 0.15) is 26.3 Å². The number of benzene rings is 1. The molecule has 0 aliphatic heterocycles. The van der Waals surface area contributed by atoms with Crippen LogP contribution in [0.3, 0.4) is 0 Å². The summed E-state index contributed by atoms with van der Waals surface area (Å²) in [6.45, 7) is 6.19. The third-order valence-corrected chi connectivity index (χ3v) is 4.06. The fourth-order valence-electron chi connectivity index (χ4n) is 1.34. The lowest BCUT2D eigenvalue weighted by atomic mass is 9.87. The van der Waals surface area contributed by atoms with Crippen molar-refractivity contribution in [1.82, 2.24) is 0 Å². The van der Waals surface area contributed by atoms with Gasteiger partial charge >= 0.3 is 6.19 Å². The summed E-state index contributed by atoms with van der Waals surface area (Å²) in [7, 11) is 0. The number of rotatable bonds is 1. The molecular formula is C10H14Cl2OP+. The van der Waals surface area contributed by atoms with Gasteiger partial charge in [0.15, 0.2) is 5.30 Å². The van der Waals surface area contributed by atoms with E-state index in [1.807, 2.05) is 18.2 Å². The minimum absolute atomic E-state index is 0.0612. The van der Waals surface area contributed by atoms with Gasteiger partial charge in [0.05, 0.1) is 0 Å². The van der Waals surface area contributed by atoms with Crippen LogP contribution < -0.4 is 5.30 Å². The van der Waals surface area contributed by atoms with Crippen molar-refractivity contribution >= 4 is 34.0 Å². The second-order valence-electron chi connectivity index (χ2n) is 4.25. The van der Waals surface area contributed by atoms with E-state index < -0.39 is 6.19 Å². The molecule has 0 amide bonds. The topological polar surface area (TPSA) is 20.2 Å². The predicted octanol–water partition coefficient (Wildman–Crippen LogP) is 3.84. The molecule has 0 bridgehead atoms. The van der Waals surface area contributed by atoms with Crippen molar-refractivity contribution in [2.24, 2.45) is 0 Å². The van der Waals surface area contributed by atoms with Gasteiger partial charge < -0.3 is 0 Å². The highest BCUT2D eigenvalue weighted by molar-refractivity contribution is 8.18. The minimum atomic E-state index is -2.96. The summed E-state index contributed by atoms with van der Waals surface area (Å²) in [6, 6.07) is 7.49. The van der Waals surface area contributed by atoms with Crippen LogP contribution in [0.15, 0.2) is 24.3 Å². The molecule has 14 heavy (non-hydrogen) atoms. The van der Waals surface area contributed by atoms with E-state index in [2.05, 4.69) is 20.8 Å². The van der Waals surface area contributed by atoms with Crippen LogP contribution in [0.5, 0.6) is 0 Å². The van der Waals surface area contributed by atoms with Crippen molar-refractivity contribution in [2.75, 3.05) is 0 Å². The molecule has 1 N–H and O–H groups in total. The summed E-state index contributed by atoms with van der Waals surface area (Å²) in [5.74, 6) is 0. The Morgan fingerprint density at radius 1 is 1.14 bits per heavy atom. The lowest BCUT2D eigenvalue weighted by Crippen LogP contribution is -2.22. The van der Waals surface area contributed by atoms with E-state index >= 15 is 0 Å². The standard InChI is InChI=1S/C10H14Cl2OP/c1-10(2,3)8-6-4-5-7-9(8)14(11,12)13/h4-7,13H,1-3H3/q+1. The molecule has 0 fully saturated rings. The second kappa shape index (κ2) is 3.98. The number of hydrogen-bond acceptors (Lipinski definition) is 1. The molecule has 0 atom stereocenters. The third kappa shape index (κ3) is 2.84. The summed E-state index contributed by atoms with van der Waals surface area (Å²) >= 11 is 11.6. The van der Waals surface area contributed by atoms with Gasteiger partial charge in [0.1, 0.15) is 22.5 Å². The van der Waals surface area contributed by atoms with Crippen LogP contribution in [0.2, 0.25) is 0 Å². The Balaban J connectivity index is 3.31. The second-order valence-corrected chi connectivity index (χ2v) is 9.16. The maximum absolute atomic E-state index is 9.68. The molecule has 1 aromatic rings. The molecule has 4 heteroatoms. The first-order valence-corrected chi connectivity index (χ1v) is 7.89. The van der Waals surface area contributed by atoms with Gasteiger partial charge in [0.25, 0.3) is 0 Å². The van der Waals surface area contributed by atoms with Crippen molar-refractivity contribution in [3.05, 3.63) is 29.8 Å².